The second-order valence-corrected chi connectivity index (χ2v) is 2.68. The molecule has 0 radical (unpaired) electrons. The number of carbonyl (C=O) groups is 1. The fourth-order valence-corrected chi connectivity index (χ4v) is 1.27. The minimum atomic E-state index is 0.636. The van der Waals surface area contributed by atoms with E-state index in [2.05, 4.69) is 9.97 Å². The minimum absolute atomic E-state index is 0.636. The van der Waals surface area contributed by atoms with E-state index < -0.39 is 0 Å². The fourth-order valence-electron chi connectivity index (χ4n) is 1.27. The highest BCUT2D eigenvalue weighted by molar-refractivity contribution is 5.94. The molecule has 0 aliphatic rings. The molecular formula is C9H8N2O. The molecule has 0 aliphatic carbocycles. The standard InChI is InChI=1S/C9H8N2O/c1-6-10-8-4-2-3-7(5-12)9(8)11-6/h2-5H,1H3,(H,10,11). The molecule has 0 unspecified atom stereocenters. The first-order valence-electron chi connectivity index (χ1n) is 3.72. The number of fused-ring (bicyclic) bond motifs is 1. The van der Waals surface area contributed by atoms with Crippen molar-refractivity contribution in [2.24, 2.45) is 0 Å². The fraction of sp³-hybridized carbons (Fsp3) is 0.111. The summed E-state index contributed by atoms with van der Waals surface area (Å²) >= 11 is 0. The maximum atomic E-state index is 10.6. The third-order valence-corrected chi connectivity index (χ3v) is 1.79. The van der Waals surface area contributed by atoms with Crippen LogP contribution >= 0.6 is 0 Å². The molecule has 1 N–H and O–H groups in total. The Hall–Kier alpha value is -1.64. The second kappa shape index (κ2) is 2.44. The van der Waals surface area contributed by atoms with Crippen molar-refractivity contribution < 1.29 is 4.79 Å². The highest BCUT2D eigenvalue weighted by Crippen LogP contribution is 2.13. The van der Waals surface area contributed by atoms with Crippen molar-refractivity contribution in [2.75, 3.05) is 0 Å². The Morgan fingerprint density at radius 1 is 1.50 bits per heavy atom. The van der Waals surface area contributed by atoms with Gasteiger partial charge in [0.25, 0.3) is 0 Å². The Kier molecular flexibility index (Phi) is 1.43. The first-order chi connectivity index (χ1) is 5.81. The molecule has 0 saturated heterocycles. The summed E-state index contributed by atoms with van der Waals surface area (Å²) in [6.45, 7) is 1.87. The van der Waals surface area contributed by atoms with E-state index in [1.165, 1.54) is 0 Å². The highest BCUT2D eigenvalue weighted by Gasteiger charge is 2.02. The van der Waals surface area contributed by atoms with Gasteiger partial charge in [-0.25, -0.2) is 4.98 Å². The molecule has 1 aromatic heterocycles. The van der Waals surface area contributed by atoms with Crippen LogP contribution in [0.1, 0.15) is 16.2 Å². The zero-order chi connectivity index (χ0) is 8.55. The lowest BCUT2D eigenvalue weighted by Gasteiger charge is -1.89. The zero-order valence-electron chi connectivity index (χ0n) is 6.66. The number of aromatic nitrogens is 2. The first kappa shape index (κ1) is 7.03. The number of imidazole rings is 1. The van der Waals surface area contributed by atoms with Gasteiger partial charge in [0.1, 0.15) is 5.82 Å². The van der Waals surface area contributed by atoms with Crippen LogP contribution in [0.4, 0.5) is 0 Å². The van der Waals surface area contributed by atoms with E-state index in [9.17, 15) is 4.79 Å². The maximum Gasteiger partial charge on any atom is 0.152 e. The topological polar surface area (TPSA) is 45.8 Å². The SMILES string of the molecule is Cc1nc2c(C=O)cccc2[nH]1. The summed E-state index contributed by atoms with van der Waals surface area (Å²) < 4.78 is 0. The number of aromatic amines is 1. The summed E-state index contributed by atoms with van der Waals surface area (Å²) in [4.78, 5) is 17.8. The first-order valence-corrected chi connectivity index (χ1v) is 3.72. The number of para-hydroxylation sites is 1. The van der Waals surface area contributed by atoms with E-state index in [1.54, 1.807) is 6.07 Å². The van der Waals surface area contributed by atoms with Gasteiger partial charge in [-0.2, -0.15) is 0 Å². The Balaban J connectivity index is 2.86. The van der Waals surface area contributed by atoms with Crippen LogP contribution in [0.5, 0.6) is 0 Å². The Morgan fingerprint density at radius 2 is 2.33 bits per heavy atom. The number of hydrogen-bond acceptors (Lipinski definition) is 2. The monoisotopic (exact) mass is 160 g/mol. The molecule has 0 aliphatic heterocycles. The van der Waals surface area contributed by atoms with Gasteiger partial charge in [0.2, 0.25) is 0 Å². The van der Waals surface area contributed by atoms with Crippen LogP contribution in [-0.2, 0) is 0 Å². The second-order valence-electron chi connectivity index (χ2n) is 2.68. The van der Waals surface area contributed by atoms with E-state index in [0.717, 1.165) is 23.1 Å². The summed E-state index contributed by atoms with van der Waals surface area (Å²) in [7, 11) is 0. The van der Waals surface area contributed by atoms with Crippen LogP contribution in [0.2, 0.25) is 0 Å². The molecule has 3 heteroatoms. The highest BCUT2D eigenvalue weighted by atomic mass is 16.1. The van der Waals surface area contributed by atoms with Crippen molar-refractivity contribution in [2.45, 2.75) is 6.92 Å². The van der Waals surface area contributed by atoms with Crippen LogP contribution < -0.4 is 0 Å². The van der Waals surface area contributed by atoms with Gasteiger partial charge in [0.05, 0.1) is 11.0 Å². The summed E-state index contributed by atoms with van der Waals surface area (Å²) in [6, 6.07) is 5.50. The molecule has 1 heterocycles. The largest absolute Gasteiger partial charge is 0.342 e. The number of aldehydes is 1. The quantitative estimate of drug-likeness (QED) is 0.645. The average Bonchev–Trinajstić information content (AvgIpc) is 2.44. The van der Waals surface area contributed by atoms with Gasteiger partial charge in [-0.05, 0) is 19.1 Å². The molecule has 0 bridgehead atoms. The van der Waals surface area contributed by atoms with E-state index in [1.807, 2.05) is 19.1 Å². The average molecular weight is 160 g/mol. The number of H-pyrrole nitrogens is 1. The van der Waals surface area contributed by atoms with Crippen LogP contribution in [0.25, 0.3) is 11.0 Å². The summed E-state index contributed by atoms with van der Waals surface area (Å²) in [5, 5.41) is 0. The molecule has 0 fully saturated rings. The summed E-state index contributed by atoms with van der Waals surface area (Å²) in [5.41, 5.74) is 2.30. The third kappa shape index (κ3) is 0.906. The van der Waals surface area contributed by atoms with Crippen molar-refractivity contribution in [3.63, 3.8) is 0 Å². The van der Waals surface area contributed by atoms with Crippen molar-refractivity contribution in [3.05, 3.63) is 29.6 Å². The van der Waals surface area contributed by atoms with Gasteiger partial charge in [-0.1, -0.05) is 6.07 Å². The maximum absolute atomic E-state index is 10.6. The van der Waals surface area contributed by atoms with Gasteiger partial charge < -0.3 is 4.98 Å². The number of rotatable bonds is 1. The zero-order valence-corrected chi connectivity index (χ0v) is 6.66. The van der Waals surface area contributed by atoms with Crippen LogP contribution in [0.3, 0.4) is 0 Å². The van der Waals surface area contributed by atoms with Crippen molar-refractivity contribution in [1.82, 2.24) is 9.97 Å². The molecule has 2 rings (SSSR count). The summed E-state index contributed by atoms with van der Waals surface area (Å²) in [5.74, 6) is 0.833. The smallest absolute Gasteiger partial charge is 0.152 e. The van der Waals surface area contributed by atoms with Crippen molar-refractivity contribution >= 4 is 17.3 Å². The lowest BCUT2D eigenvalue weighted by Crippen LogP contribution is -1.80. The molecule has 0 amide bonds. The van der Waals surface area contributed by atoms with Crippen molar-refractivity contribution in [3.8, 4) is 0 Å². The third-order valence-electron chi connectivity index (χ3n) is 1.79. The Bertz CT molecular complexity index is 431. The van der Waals surface area contributed by atoms with E-state index in [-0.39, 0.29) is 0 Å². The molecule has 3 nitrogen and oxygen atoms in total. The molecule has 0 atom stereocenters. The molecule has 12 heavy (non-hydrogen) atoms. The molecular weight excluding hydrogens is 152 g/mol. The number of benzene rings is 1. The van der Waals surface area contributed by atoms with Crippen molar-refractivity contribution in [1.29, 1.82) is 0 Å². The van der Waals surface area contributed by atoms with Gasteiger partial charge in [-0.3, -0.25) is 4.79 Å². The van der Waals surface area contributed by atoms with Crippen LogP contribution in [0.15, 0.2) is 18.2 Å². The molecule has 0 spiro atoms. The van der Waals surface area contributed by atoms with E-state index in [0.29, 0.717) is 5.56 Å². The van der Waals surface area contributed by atoms with Gasteiger partial charge in [0, 0.05) is 5.56 Å². The number of aryl methyl sites for hydroxylation is 1. The number of nitrogens with zero attached hydrogens (tertiary/aromatic N) is 1. The Labute approximate surface area is 69.4 Å². The van der Waals surface area contributed by atoms with Gasteiger partial charge >= 0.3 is 0 Å². The minimum Gasteiger partial charge on any atom is -0.342 e. The van der Waals surface area contributed by atoms with Crippen LogP contribution in [-0.4, -0.2) is 16.3 Å². The Morgan fingerprint density at radius 3 is 3.08 bits per heavy atom. The number of nitrogens with one attached hydrogen (secondary N) is 1. The lowest BCUT2D eigenvalue weighted by molar-refractivity contribution is 0.112. The van der Waals surface area contributed by atoms with E-state index >= 15 is 0 Å². The lowest BCUT2D eigenvalue weighted by atomic mass is 10.2. The normalized spacial score (nSPS) is 10.4. The number of carbonyl (C=O) groups excluding carboxylic acids is 1. The molecule has 2 aromatic rings. The number of hydrogen-bond donors (Lipinski definition) is 1. The molecule has 1 aromatic carbocycles. The summed E-state index contributed by atoms with van der Waals surface area (Å²) in [6.07, 6.45) is 0.822. The van der Waals surface area contributed by atoms with Gasteiger partial charge in [-0.15, -0.1) is 0 Å². The predicted octanol–water partition coefficient (Wildman–Crippen LogP) is 1.68. The van der Waals surface area contributed by atoms with Crippen LogP contribution in [0, 0.1) is 6.92 Å². The van der Waals surface area contributed by atoms with E-state index in [4.69, 9.17) is 0 Å². The predicted molar refractivity (Wildman–Crippen MR) is 46.2 cm³/mol. The molecule has 60 valence electrons. The van der Waals surface area contributed by atoms with Gasteiger partial charge in [0.15, 0.2) is 6.29 Å². The molecule has 0 saturated carbocycles.